The predicted molar refractivity (Wildman–Crippen MR) is 73.5 cm³/mol. The van der Waals surface area contributed by atoms with Crippen molar-refractivity contribution in [2.24, 2.45) is 5.84 Å². The SMILES string of the molecule is CCCNC(=O)CCNc1cc(C(F)(F)F)cc(NN)n1. The number of hydrogen-bond acceptors (Lipinski definition) is 5. The van der Waals surface area contributed by atoms with Crippen molar-refractivity contribution in [3.63, 3.8) is 0 Å². The Labute approximate surface area is 120 Å². The maximum absolute atomic E-state index is 12.7. The van der Waals surface area contributed by atoms with Crippen LogP contribution >= 0.6 is 0 Å². The van der Waals surface area contributed by atoms with E-state index in [9.17, 15) is 18.0 Å². The number of pyridine rings is 1. The fraction of sp³-hybridized carbons (Fsp3) is 0.500. The first-order chi connectivity index (χ1) is 9.86. The normalized spacial score (nSPS) is 11.1. The molecule has 0 bridgehead atoms. The van der Waals surface area contributed by atoms with Crippen molar-refractivity contribution in [3.8, 4) is 0 Å². The molecule has 1 heterocycles. The van der Waals surface area contributed by atoms with Crippen LogP contribution in [0.4, 0.5) is 24.8 Å². The summed E-state index contributed by atoms with van der Waals surface area (Å²) in [5.41, 5.74) is 1.20. The molecule has 0 fully saturated rings. The lowest BCUT2D eigenvalue weighted by Crippen LogP contribution is -2.26. The summed E-state index contributed by atoms with van der Waals surface area (Å²) >= 11 is 0. The van der Waals surface area contributed by atoms with Gasteiger partial charge in [0.05, 0.1) is 5.56 Å². The Kier molecular flexibility index (Phi) is 6.22. The quantitative estimate of drug-likeness (QED) is 0.455. The largest absolute Gasteiger partial charge is 0.416 e. The summed E-state index contributed by atoms with van der Waals surface area (Å²) in [6.45, 7) is 2.67. The van der Waals surface area contributed by atoms with E-state index < -0.39 is 11.7 Å². The Balaban J connectivity index is 2.64. The van der Waals surface area contributed by atoms with Gasteiger partial charge in [0.25, 0.3) is 0 Å². The van der Waals surface area contributed by atoms with Gasteiger partial charge in [0.15, 0.2) is 0 Å². The van der Waals surface area contributed by atoms with Crippen molar-refractivity contribution in [2.45, 2.75) is 25.9 Å². The lowest BCUT2D eigenvalue weighted by molar-refractivity contribution is -0.137. The second-order valence-electron chi connectivity index (χ2n) is 4.30. The van der Waals surface area contributed by atoms with E-state index in [2.05, 4.69) is 21.0 Å². The Bertz CT molecular complexity index is 478. The van der Waals surface area contributed by atoms with Crippen molar-refractivity contribution < 1.29 is 18.0 Å². The molecule has 0 saturated heterocycles. The molecule has 0 atom stereocenters. The Morgan fingerprint density at radius 2 is 1.95 bits per heavy atom. The number of nitrogen functional groups attached to an aromatic ring is 1. The third kappa shape index (κ3) is 5.86. The van der Waals surface area contributed by atoms with Crippen LogP contribution in [0.15, 0.2) is 12.1 Å². The molecule has 0 radical (unpaired) electrons. The molecule has 1 aromatic heterocycles. The molecule has 0 spiro atoms. The molecule has 9 heteroatoms. The molecule has 0 aliphatic heterocycles. The van der Waals surface area contributed by atoms with E-state index in [0.717, 1.165) is 18.6 Å². The summed E-state index contributed by atoms with van der Waals surface area (Å²) in [5.74, 6) is 4.81. The average molecular weight is 305 g/mol. The van der Waals surface area contributed by atoms with Crippen LogP contribution in [0.5, 0.6) is 0 Å². The monoisotopic (exact) mass is 305 g/mol. The standard InChI is InChI=1S/C12H18F3N5O/c1-2-4-18-11(21)3-5-17-9-6-8(12(13,14)15)7-10(19-9)20-16/h6-7H,2-5,16H2,1H3,(H,18,21)(H2,17,19,20). The summed E-state index contributed by atoms with van der Waals surface area (Å²) < 4.78 is 38.1. The van der Waals surface area contributed by atoms with E-state index in [1.807, 2.05) is 6.92 Å². The van der Waals surface area contributed by atoms with Crippen LogP contribution < -0.4 is 21.9 Å². The van der Waals surface area contributed by atoms with E-state index in [1.165, 1.54) is 0 Å². The summed E-state index contributed by atoms with van der Waals surface area (Å²) in [5, 5.41) is 5.34. The van der Waals surface area contributed by atoms with Crippen LogP contribution in [0.3, 0.4) is 0 Å². The maximum Gasteiger partial charge on any atom is 0.416 e. The lowest BCUT2D eigenvalue weighted by Gasteiger charge is -2.12. The molecule has 0 aliphatic rings. The third-order valence-electron chi connectivity index (χ3n) is 2.53. The number of nitrogens with two attached hydrogens (primary N) is 1. The second-order valence-corrected chi connectivity index (χ2v) is 4.30. The fourth-order valence-electron chi connectivity index (χ4n) is 1.52. The molecule has 1 aromatic rings. The van der Waals surface area contributed by atoms with Crippen molar-refractivity contribution in [1.29, 1.82) is 0 Å². The molecule has 0 aliphatic carbocycles. The van der Waals surface area contributed by atoms with Crippen LogP contribution in [0.25, 0.3) is 0 Å². The van der Waals surface area contributed by atoms with Crippen molar-refractivity contribution >= 4 is 17.5 Å². The van der Waals surface area contributed by atoms with Crippen molar-refractivity contribution in [3.05, 3.63) is 17.7 Å². The summed E-state index contributed by atoms with van der Waals surface area (Å²) in [4.78, 5) is 15.2. The Hall–Kier alpha value is -2.03. The zero-order valence-electron chi connectivity index (χ0n) is 11.5. The number of hydrogen-bond donors (Lipinski definition) is 4. The topological polar surface area (TPSA) is 92.1 Å². The highest BCUT2D eigenvalue weighted by Crippen LogP contribution is 2.31. The molecule has 0 saturated carbocycles. The van der Waals surface area contributed by atoms with Gasteiger partial charge in [0.1, 0.15) is 11.6 Å². The van der Waals surface area contributed by atoms with Crippen molar-refractivity contribution in [2.75, 3.05) is 23.8 Å². The Morgan fingerprint density at radius 3 is 2.52 bits per heavy atom. The highest BCUT2D eigenvalue weighted by Gasteiger charge is 2.31. The average Bonchev–Trinajstić information content (AvgIpc) is 2.43. The minimum atomic E-state index is -4.50. The number of halogens is 3. The molecular formula is C12H18F3N5O. The van der Waals surface area contributed by atoms with Gasteiger partial charge >= 0.3 is 6.18 Å². The Morgan fingerprint density at radius 1 is 1.29 bits per heavy atom. The minimum Gasteiger partial charge on any atom is -0.369 e. The number of amides is 1. The highest BCUT2D eigenvalue weighted by atomic mass is 19.4. The number of carbonyl (C=O) groups is 1. The summed E-state index contributed by atoms with van der Waals surface area (Å²) in [6.07, 6.45) is -3.54. The first-order valence-corrected chi connectivity index (χ1v) is 6.43. The van der Waals surface area contributed by atoms with E-state index in [1.54, 1.807) is 0 Å². The van der Waals surface area contributed by atoms with Crippen LogP contribution in [0, 0.1) is 0 Å². The molecule has 1 rings (SSSR count). The van der Waals surface area contributed by atoms with Gasteiger partial charge in [0.2, 0.25) is 5.91 Å². The first-order valence-electron chi connectivity index (χ1n) is 6.43. The molecule has 1 amide bonds. The number of carbonyl (C=O) groups excluding carboxylic acids is 1. The number of nitrogens with one attached hydrogen (secondary N) is 3. The zero-order valence-corrected chi connectivity index (χ0v) is 11.5. The van der Waals surface area contributed by atoms with Gasteiger partial charge in [-0.05, 0) is 18.6 Å². The fourth-order valence-corrected chi connectivity index (χ4v) is 1.52. The van der Waals surface area contributed by atoms with Crippen LogP contribution in [0.2, 0.25) is 0 Å². The zero-order chi connectivity index (χ0) is 15.9. The molecule has 6 nitrogen and oxygen atoms in total. The minimum absolute atomic E-state index is 0.000988. The molecule has 5 N–H and O–H groups in total. The van der Waals surface area contributed by atoms with Crippen LogP contribution in [0.1, 0.15) is 25.3 Å². The van der Waals surface area contributed by atoms with Crippen molar-refractivity contribution in [1.82, 2.24) is 10.3 Å². The van der Waals surface area contributed by atoms with E-state index in [-0.39, 0.29) is 30.5 Å². The number of nitrogens with zero attached hydrogens (tertiary/aromatic N) is 1. The van der Waals surface area contributed by atoms with Gasteiger partial charge in [-0.2, -0.15) is 13.2 Å². The molecular weight excluding hydrogens is 287 g/mol. The molecule has 0 unspecified atom stereocenters. The van der Waals surface area contributed by atoms with Gasteiger partial charge < -0.3 is 16.1 Å². The summed E-state index contributed by atoms with van der Waals surface area (Å²) in [7, 11) is 0. The predicted octanol–water partition coefficient (Wildman–Crippen LogP) is 1.71. The number of alkyl halides is 3. The second kappa shape index (κ2) is 7.67. The van der Waals surface area contributed by atoms with Gasteiger partial charge in [-0.25, -0.2) is 10.8 Å². The van der Waals surface area contributed by atoms with Crippen LogP contribution in [-0.4, -0.2) is 24.0 Å². The lowest BCUT2D eigenvalue weighted by atomic mass is 10.2. The van der Waals surface area contributed by atoms with E-state index >= 15 is 0 Å². The highest BCUT2D eigenvalue weighted by molar-refractivity contribution is 5.76. The molecule has 21 heavy (non-hydrogen) atoms. The summed E-state index contributed by atoms with van der Waals surface area (Å²) in [6, 6.07) is 1.67. The first kappa shape index (κ1) is 17.0. The smallest absolute Gasteiger partial charge is 0.369 e. The number of hydrazine groups is 1. The van der Waals surface area contributed by atoms with Gasteiger partial charge in [-0.15, -0.1) is 0 Å². The molecule has 118 valence electrons. The number of rotatable bonds is 7. The number of anilines is 2. The van der Waals surface area contributed by atoms with Crippen LogP contribution in [-0.2, 0) is 11.0 Å². The van der Waals surface area contributed by atoms with Gasteiger partial charge in [0, 0.05) is 19.5 Å². The van der Waals surface area contributed by atoms with Gasteiger partial charge in [-0.1, -0.05) is 6.92 Å². The number of aromatic nitrogens is 1. The van der Waals surface area contributed by atoms with Gasteiger partial charge in [-0.3, -0.25) is 4.79 Å². The van der Waals surface area contributed by atoms with E-state index in [4.69, 9.17) is 5.84 Å². The molecule has 0 aromatic carbocycles. The third-order valence-corrected chi connectivity index (χ3v) is 2.53. The maximum atomic E-state index is 12.7. The van der Waals surface area contributed by atoms with E-state index in [0.29, 0.717) is 6.54 Å².